The van der Waals surface area contributed by atoms with E-state index in [-0.39, 0.29) is 0 Å². The summed E-state index contributed by atoms with van der Waals surface area (Å²) in [5.74, 6) is 0.902. The van der Waals surface area contributed by atoms with Crippen LogP contribution in [0.1, 0.15) is 107 Å². The van der Waals surface area contributed by atoms with Crippen molar-refractivity contribution in [2.45, 2.75) is 106 Å². The number of fused-ring (bicyclic) bond motifs is 1. The molecule has 0 aliphatic heterocycles. The molecule has 0 amide bonds. The summed E-state index contributed by atoms with van der Waals surface area (Å²) in [7, 11) is 0. The summed E-state index contributed by atoms with van der Waals surface area (Å²) in [6.45, 7) is 20.2. The van der Waals surface area contributed by atoms with Gasteiger partial charge in [-0.15, -0.1) is 0 Å². The third kappa shape index (κ3) is 9.96. The quantitative estimate of drug-likeness (QED) is 0.203. The van der Waals surface area contributed by atoms with Gasteiger partial charge in [0.15, 0.2) is 5.65 Å². The highest BCUT2D eigenvalue weighted by Crippen LogP contribution is 2.28. The number of unbranched alkanes of at least 4 members (excludes halogenated alkanes) is 1. The molecule has 0 saturated heterocycles. The second-order valence-electron chi connectivity index (χ2n) is 9.49. The Morgan fingerprint density at radius 1 is 1.11 bits per heavy atom. The Morgan fingerprint density at radius 2 is 1.84 bits per heavy atom. The van der Waals surface area contributed by atoms with Crippen molar-refractivity contribution in [2.24, 2.45) is 0 Å². The molecule has 208 valence electrons. The largest absolute Gasteiger partial charge is 0.508 e. The number of nitrogens with zero attached hydrogens (tertiary/aromatic N) is 3. The third-order valence-corrected chi connectivity index (χ3v) is 6.79. The third-order valence-electron chi connectivity index (χ3n) is 6.79. The molecule has 4 nitrogen and oxygen atoms in total. The number of rotatable bonds is 11. The summed E-state index contributed by atoms with van der Waals surface area (Å²) in [6.07, 6.45) is 17.7. The Morgan fingerprint density at radius 3 is 2.47 bits per heavy atom. The van der Waals surface area contributed by atoms with E-state index in [1.807, 2.05) is 50.5 Å². The number of hydrogen-bond donors (Lipinski definition) is 1. The lowest BCUT2D eigenvalue weighted by atomic mass is 9.91. The minimum absolute atomic E-state index is 0.403. The molecule has 0 bridgehead atoms. The van der Waals surface area contributed by atoms with E-state index in [1.165, 1.54) is 36.1 Å². The Bertz CT molecular complexity index is 1170. The lowest BCUT2D eigenvalue weighted by molar-refractivity contribution is 0.469. The molecule has 1 N–H and O–H groups in total. The summed E-state index contributed by atoms with van der Waals surface area (Å²) in [4.78, 5) is 4.94. The van der Waals surface area contributed by atoms with Gasteiger partial charge in [0.25, 0.3) is 0 Å². The summed E-state index contributed by atoms with van der Waals surface area (Å²) in [5.41, 5.74) is 8.11. The molecule has 0 saturated carbocycles. The van der Waals surface area contributed by atoms with Crippen LogP contribution in [0.5, 0.6) is 5.75 Å². The van der Waals surface area contributed by atoms with Gasteiger partial charge >= 0.3 is 0 Å². The zero-order valence-corrected chi connectivity index (χ0v) is 25.2. The number of phenols is 1. The number of aryl methyl sites for hydroxylation is 3. The van der Waals surface area contributed by atoms with Crippen molar-refractivity contribution in [1.29, 1.82) is 0 Å². The van der Waals surface area contributed by atoms with Gasteiger partial charge in [-0.05, 0) is 83.1 Å². The summed E-state index contributed by atoms with van der Waals surface area (Å²) in [6, 6.07) is 8.03. The first-order chi connectivity index (χ1) is 18.4. The SMILES string of the molecule is C=C/C=C\C(=C/C)CC.CC.CCCC(CCCCc1cccc(O)c1C)c1cc(C)n2ncc(C)c2n1. The average molecular weight is 518 g/mol. The average Bonchev–Trinajstić information content (AvgIpc) is 3.31. The van der Waals surface area contributed by atoms with Crippen molar-refractivity contribution in [3.8, 4) is 5.75 Å². The highest BCUT2D eigenvalue weighted by molar-refractivity contribution is 5.47. The highest BCUT2D eigenvalue weighted by atomic mass is 16.3. The molecule has 0 spiro atoms. The molecular formula is C34H51N3O. The van der Waals surface area contributed by atoms with E-state index in [4.69, 9.17) is 4.98 Å². The van der Waals surface area contributed by atoms with Crippen molar-refractivity contribution < 1.29 is 5.11 Å². The van der Waals surface area contributed by atoms with Gasteiger partial charge in [0, 0.05) is 22.9 Å². The monoisotopic (exact) mass is 517 g/mol. The van der Waals surface area contributed by atoms with Crippen LogP contribution in [-0.2, 0) is 6.42 Å². The molecule has 1 atom stereocenters. The normalized spacial score (nSPS) is 12.1. The molecule has 3 rings (SSSR count). The van der Waals surface area contributed by atoms with Crippen molar-refractivity contribution in [2.75, 3.05) is 0 Å². The van der Waals surface area contributed by atoms with Crippen LogP contribution < -0.4 is 0 Å². The highest BCUT2D eigenvalue weighted by Gasteiger charge is 2.15. The minimum Gasteiger partial charge on any atom is -0.508 e. The smallest absolute Gasteiger partial charge is 0.158 e. The number of allylic oxidation sites excluding steroid dienone is 5. The first-order valence-electron chi connectivity index (χ1n) is 14.4. The number of aromatic hydroxyl groups is 1. The van der Waals surface area contributed by atoms with Gasteiger partial charge in [-0.1, -0.05) is 89.1 Å². The Hall–Kier alpha value is -3.14. The van der Waals surface area contributed by atoms with E-state index >= 15 is 0 Å². The van der Waals surface area contributed by atoms with Gasteiger partial charge in [-0.25, -0.2) is 9.50 Å². The molecule has 0 radical (unpaired) electrons. The van der Waals surface area contributed by atoms with Crippen molar-refractivity contribution in [3.05, 3.63) is 95.0 Å². The lowest BCUT2D eigenvalue weighted by Gasteiger charge is -2.17. The number of aromatic nitrogens is 3. The molecule has 0 fully saturated rings. The summed E-state index contributed by atoms with van der Waals surface area (Å²) < 4.78 is 1.94. The van der Waals surface area contributed by atoms with Gasteiger partial charge in [-0.2, -0.15) is 5.10 Å². The second-order valence-corrected chi connectivity index (χ2v) is 9.49. The fourth-order valence-corrected chi connectivity index (χ4v) is 4.50. The summed E-state index contributed by atoms with van der Waals surface area (Å²) >= 11 is 0. The Kier molecular flexibility index (Phi) is 15.7. The van der Waals surface area contributed by atoms with E-state index in [2.05, 4.69) is 63.7 Å². The zero-order chi connectivity index (χ0) is 28.5. The van der Waals surface area contributed by atoms with Gasteiger partial charge in [0.05, 0.1) is 6.20 Å². The van der Waals surface area contributed by atoms with Crippen LogP contribution in [0.25, 0.3) is 5.65 Å². The zero-order valence-electron chi connectivity index (χ0n) is 25.2. The van der Waals surface area contributed by atoms with Crippen molar-refractivity contribution in [3.63, 3.8) is 0 Å². The molecule has 1 aromatic carbocycles. The van der Waals surface area contributed by atoms with Crippen LogP contribution >= 0.6 is 0 Å². The van der Waals surface area contributed by atoms with Crippen molar-refractivity contribution in [1.82, 2.24) is 14.6 Å². The molecule has 1 unspecified atom stereocenters. The molecule has 38 heavy (non-hydrogen) atoms. The van der Waals surface area contributed by atoms with E-state index in [9.17, 15) is 5.11 Å². The van der Waals surface area contributed by atoms with Gasteiger partial charge in [-0.3, -0.25) is 0 Å². The second kappa shape index (κ2) is 18.2. The maximum absolute atomic E-state index is 9.87. The van der Waals surface area contributed by atoms with Crippen LogP contribution in [0.4, 0.5) is 0 Å². The topological polar surface area (TPSA) is 50.4 Å². The molecule has 2 aromatic heterocycles. The minimum atomic E-state index is 0.403. The molecule has 2 heterocycles. The molecule has 4 heteroatoms. The fourth-order valence-electron chi connectivity index (χ4n) is 4.50. The molecular weight excluding hydrogens is 466 g/mol. The standard InChI is InChI=1S/C23H31N3O.C9H14.C2H6/c1-5-9-20(11-7-6-10-19-12-8-13-22(27)18(19)4)21-14-17(3)26-23(25-21)16(2)15-24-26;1-4-7-8-9(5-2)6-3;1-2/h8,12-15,20,27H,5-7,9-11H2,1-4H3;4-5,7-8H,1,6H2,2-3H3;1-2H3/b;8-7-,9-5-;. The van der Waals surface area contributed by atoms with Crippen LogP contribution in [0.15, 0.2) is 66.9 Å². The van der Waals surface area contributed by atoms with Crippen LogP contribution in [0.2, 0.25) is 0 Å². The number of benzene rings is 1. The van der Waals surface area contributed by atoms with E-state index in [0.717, 1.165) is 48.2 Å². The van der Waals surface area contributed by atoms with Gasteiger partial charge in [0.2, 0.25) is 0 Å². The van der Waals surface area contributed by atoms with E-state index in [1.54, 1.807) is 12.1 Å². The van der Waals surface area contributed by atoms with E-state index < -0.39 is 0 Å². The predicted molar refractivity (Wildman–Crippen MR) is 165 cm³/mol. The lowest BCUT2D eigenvalue weighted by Crippen LogP contribution is -2.06. The van der Waals surface area contributed by atoms with Gasteiger partial charge in [0.1, 0.15) is 5.75 Å². The van der Waals surface area contributed by atoms with Gasteiger partial charge < -0.3 is 5.11 Å². The van der Waals surface area contributed by atoms with Crippen molar-refractivity contribution >= 4 is 5.65 Å². The predicted octanol–water partition coefficient (Wildman–Crippen LogP) is 9.77. The first-order valence-corrected chi connectivity index (χ1v) is 14.4. The first kappa shape index (κ1) is 32.9. The summed E-state index contributed by atoms with van der Waals surface area (Å²) in [5, 5.41) is 14.3. The molecule has 3 aromatic rings. The number of phenolic OH excluding ortho intramolecular Hbond substituents is 1. The fraction of sp³-hybridized carbons (Fsp3) is 0.471. The number of hydrogen-bond acceptors (Lipinski definition) is 3. The van der Waals surface area contributed by atoms with E-state index in [0.29, 0.717) is 11.7 Å². The maximum Gasteiger partial charge on any atom is 0.158 e. The maximum atomic E-state index is 9.87. The van der Waals surface area contributed by atoms with Crippen LogP contribution in [0.3, 0.4) is 0 Å². The Labute approximate surface area is 232 Å². The van der Waals surface area contributed by atoms with Crippen LogP contribution in [-0.4, -0.2) is 19.7 Å². The Balaban J connectivity index is 0.000000559. The molecule has 0 aliphatic rings. The van der Waals surface area contributed by atoms with Crippen LogP contribution in [0, 0.1) is 20.8 Å². The molecule has 0 aliphatic carbocycles.